The van der Waals surface area contributed by atoms with E-state index in [0.717, 1.165) is 12.8 Å². The minimum atomic E-state index is 0.177. The summed E-state index contributed by atoms with van der Waals surface area (Å²) < 4.78 is 0. The van der Waals surface area contributed by atoms with Gasteiger partial charge in [0.1, 0.15) is 0 Å². The summed E-state index contributed by atoms with van der Waals surface area (Å²) in [6.45, 7) is 2.89. The van der Waals surface area contributed by atoms with Crippen molar-refractivity contribution in [2.45, 2.75) is 109 Å². The van der Waals surface area contributed by atoms with Crippen LogP contribution in [-0.4, -0.2) is 12.6 Å². The van der Waals surface area contributed by atoms with Crippen LogP contribution in [0.25, 0.3) is 0 Å². The van der Waals surface area contributed by atoms with Crippen LogP contribution in [0.3, 0.4) is 0 Å². The molecule has 1 atom stereocenters. The van der Waals surface area contributed by atoms with Crippen molar-refractivity contribution in [1.29, 1.82) is 0 Å². The Morgan fingerprint density at radius 3 is 1.64 bits per heavy atom. The zero-order chi connectivity index (χ0) is 16.3. The van der Waals surface area contributed by atoms with Crippen molar-refractivity contribution in [1.82, 2.24) is 0 Å². The molecule has 0 spiro atoms. The Kier molecular flexibility index (Phi) is 18.4. The monoisotopic (exact) mass is 310 g/mol. The van der Waals surface area contributed by atoms with Crippen molar-refractivity contribution < 1.29 is 0 Å². The first kappa shape index (κ1) is 21.7. The van der Waals surface area contributed by atoms with E-state index in [-0.39, 0.29) is 6.04 Å². The summed E-state index contributed by atoms with van der Waals surface area (Å²) in [6, 6.07) is 0.177. The van der Waals surface area contributed by atoms with Crippen LogP contribution in [0.15, 0.2) is 12.2 Å². The predicted octanol–water partition coefficient (Wildman–Crippen LogP) is 5.70. The van der Waals surface area contributed by atoms with Crippen molar-refractivity contribution in [2.24, 2.45) is 11.5 Å². The minimum Gasteiger partial charge on any atom is -0.329 e. The number of rotatable bonds is 17. The van der Waals surface area contributed by atoms with E-state index in [1.165, 1.54) is 83.5 Å². The molecule has 0 aliphatic rings. The summed E-state index contributed by atoms with van der Waals surface area (Å²) in [5.74, 6) is 0. The maximum atomic E-state index is 5.77. The van der Waals surface area contributed by atoms with Crippen LogP contribution in [-0.2, 0) is 0 Å². The van der Waals surface area contributed by atoms with Crippen molar-refractivity contribution in [3.8, 4) is 0 Å². The molecule has 0 aromatic rings. The number of hydrogen-bond acceptors (Lipinski definition) is 2. The van der Waals surface area contributed by atoms with E-state index in [4.69, 9.17) is 11.5 Å². The highest BCUT2D eigenvalue weighted by molar-refractivity contribution is 4.82. The molecule has 22 heavy (non-hydrogen) atoms. The van der Waals surface area contributed by atoms with Gasteiger partial charge >= 0.3 is 0 Å². The highest BCUT2D eigenvalue weighted by Crippen LogP contribution is 2.12. The van der Waals surface area contributed by atoms with Crippen LogP contribution in [0.2, 0.25) is 0 Å². The number of allylic oxidation sites excluding steroid dienone is 2. The van der Waals surface area contributed by atoms with E-state index in [1.54, 1.807) is 0 Å². The van der Waals surface area contributed by atoms with Gasteiger partial charge in [0.2, 0.25) is 0 Å². The van der Waals surface area contributed by atoms with Crippen LogP contribution < -0.4 is 11.5 Å². The largest absolute Gasteiger partial charge is 0.329 e. The third-order valence-electron chi connectivity index (χ3n) is 4.40. The molecule has 0 fully saturated rings. The van der Waals surface area contributed by atoms with E-state index >= 15 is 0 Å². The maximum Gasteiger partial charge on any atom is 0.0165 e. The molecular formula is C20H42N2. The highest BCUT2D eigenvalue weighted by atomic mass is 14.7. The SMILES string of the molecule is CCCCCCCCCCCCCC/C=C\CC[C@H](N)CN. The number of nitrogens with two attached hydrogens (primary N) is 2. The Morgan fingerprint density at radius 2 is 1.14 bits per heavy atom. The standard InChI is InChI=1S/C20H42N2/c1-2-3-4-5-6-7-8-9-10-11-12-13-14-15-16-17-18-20(22)19-21/h15-16,20H,2-14,17-19,21-22H2,1H3/b16-15-/t20-/m0/s1. The summed E-state index contributed by atoms with van der Waals surface area (Å²) in [5.41, 5.74) is 11.3. The fourth-order valence-corrected chi connectivity index (χ4v) is 2.77. The molecule has 132 valence electrons. The molecule has 0 amide bonds. The predicted molar refractivity (Wildman–Crippen MR) is 101 cm³/mol. The fourth-order valence-electron chi connectivity index (χ4n) is 2.77. The smallest absolute Gasteiger partial charge is 0.0165 e. The third-order valence-corrected chi connectivity index (χ3v) is 4.40. The first-order chi connectivity index (χ1) is 10.8. The van der Waals surface area contributed by atoms with Crippen LogP contribution in [0.1, 0.15) is 103 Å². The lowest BCUT2D eigenvalue weighted by atomic mass is 10.0. The summed E-state index contributed by atoms with van der Waals surface area (Å²) in [4.78, 5) is 0. The molecule has 0 aromatic carbocycles. The van der Waals surface area contributed by atoms with Crippen molar-refractivity contribution in [2.75, 3.05) is 6.54 Å². The fraction of sp³-hybridized carbons (Fsp3) is 0.900. The van der Waals surface area contributed by atoms with Gasteiger partial charge in [0.05, 0.1) is 0 Å². The lowest BCUT2D eigenvalue weighted by molar-refractivity contribution is 0.545. The molecule has 0 rings (SSSR count). The van der Waals surface area contributed by atoms with Crippen LogP contribution >= 0.6 is 0 Å². The minimum absolute atomic E-state index is 0.177. The Balaban J connectivity index is 3.06. The van der Waals surface area contributed by atoms with Gasteiger partial charge in [-0.2, -0.15) is 0 Å². The average Bonchev–Trinajstić information content (AvgIpc) is 2.54. The topological polar surface area (TPSA) is 52.0 Å². The Hall–Kier alpha value is -0.340. The first-order valence-corrected chi connectivity index (χ1v) is 9.92. The van der Waals surface area contributed by atoms with Gasteiger partial charge in [-0.1, -0.05) is 89.7 Å². The van der Waals surface area contributed by atoms with Gasteiger partial charge in [-0.05, 0) is 25.7 Å². The second-order valence-corrected chi connectivity index (χ2v) is 6.72. The molecule has 0 saturated heterocycles. The van der Waals surface area contributed by atoms with Crippen LogP contribution in [0.5, 0.6) is 0 Å². The molecule has 0 saturated carbocycles. The van der Waals surface area contributed by atoms with Crippen LogP contribution in [0.4, 0.5) is 0 Å². The van der Waals surface area contributed by atoms with Gasteiger partial charge in [-0.25, -0.2) is 0 Å². The van der Waals surface area contributed by atoms with Gasteiger partial charge in [0, 0.05) is 12.6 Å². The molecule has 0 aliphatic heterocycles. The summed E-state index contributed by atoms with van der Waals surface area (Å²) in [7, 11) is 0. The molecule has 0 unspecified atom stereocenters. The molecule has 0 aromatic heterocycles. The van der Waals surface area contributed by atoms with Gasteiger partial charge < -0.3 is 11.5 Å². The lowest BCUT2D eigenvalue weighted by Crippen LogP contribution is -2.29. The van der Waals surface area contributed by atoms with Crippen LogP contribution in [0, 0.1) is 0 Å². The molecule has 4 N–H and O–H groups in total. The molecule has 0 aliphatic carbocycles. The van der Waals surface area contributed by atoms with E-state index in [9.17, 15) is 0 Å². The van der Waals surface area contributed by atoms with E-state index < -0.39 is 0 Å². The summed E-state index contributed by atoms with van der Waals surface area (Å²) in [6.07, 6.45) is 25.0. The second kappa shape index (κ2) is 18.7. The van der Waals surface area contributed by atoms with Crippen molar-refractivity contribution in [3.63, 3.8) is 0 Å². The molecule has 0 heterocycles. The van der Waals surface area contributed by atoms with E-state index in [1.807, 2.05) is 0 Å². The molecule has 0 radical (unpaired) electrons. The Labute approximate surface area is 140 Å². The third kappa shape index (κ3) is 17.7. The number of hydrogen-bond donors (Lipinski definition) is 2. The Morgan fingerprint density at radius 1 is 0.682 bits per heavy atom. The first-order valence-electron chi connectivity index (χ1n) is 9.92. The van der Waals surface area contributed by atoms with Gasteiger partial charge in [0.15, 0.2) is 0 Å². The molecule has 2 heteroatoms. The molecule has 2 nitrogen and oxygen atoms in total. The second-order valence-electron chi connectivity index (χ2n) is 6.72. The zero-order valence-corrected chi connectivity index (χ0v) is 15.2. The maximum absolute atomic E-state index is 5.77. The average molecular weight is 311 g/mol. The van der Waals surface area contributed by atoms with E-state index in [0.29, 0.717) is 6.54 Å². The highest BCUT2D eigenvalue weighted by Gasteiger charge is 1.95. The Bertz CT molecular complexity index is 226. The summed E-state index contributed by atoms with van der Waals surface area (Å²) in [5, 5.41) is 0. The van der Waals surface area contributed by atoms with E-state index in [2.05, 4.69) is 19.1 Å². The number of unbranched alkanes of at least 4 members (excludes halogenated alkanes) is 12. The van der Waals surface area contributed by atoms with Gasteiger partial charge in [-0.3, -0.25) is 0 Å². The lowest BCUT2D eigenvalue weighted by Gasteiger charge is -2.04. The molecule has 0 bridgehead atoms. The van der Waals surface area contributed by atoms with Crippen molar-refractivity contribution in [3.05, 3.63) is 12.2 Å². The van der Waals surface area contributed by atoms with Gasteiger partial charge in [0.25, 0.3) is 0 Å². The normalized spacial score (nSPS) is 13.0. The zero-order valence-electron chi connectivity index (χ0n) is 15.2. The molecular weight excluding hydrogens is 268 g/mol. The van der Waals surface area contributed by atoms with Crippen molar-refractivity contribution >= 4 is 0 Å². The van der Waals surface area contributed by atoms with Gasteiger partial charge in [-0.15, -0.1) is 0 Å². The summed E-state index contributed by atoms with van der Waals surface area (Å²) >= 11 is 0. The quantitative estimate of drug-likeness (QED) is 0.267.